The molecule has 100 valence electrons. The van der Waals surface area contributed by atoms with E-state index in [4.69, 9.17) is 5.11 Å². The van der Waals surface area contributed by atoms with Gasteiger partial charge in [0.15, 0.2) is 0 Å². The largest absolute Gasteiger partial charge is 0.508 e. The van der Waals surface area contributed by atoms with E-state index in [2.05, 4.69) is 10.3 Å². The number of aromatic hydroxyl groups is 1. The van der Waals surface area contributed by atoms with Crippen molar-refractivity contribution in [1.82, 2.24) is 10.3 Å². The lowest BCUT2D eigenvalue weighted by Gasteiger charge is -2.20. The zero-order chi connectivity index (χ0) is 14.2. The summed E-state index contributed by atoms with van der Waals surface area (Å²) in [7, 11) is 0. The van der Waals surface area contributed by atoms with E-state index in [0.717, 1.165) is 0 Å². The molecule has 19 heavy (non-hydrogen) atoms. The van der Waals surface area contributed by atoms with Crippen molar-refractivity contribution in [3.63, 3.8) is 0 Å². The molecule has 1 aromatic heterocycles. The smallest absolute Gasteiger partial charge is 0.328 e. The van der Waals surface area contributed by atoms with Crippen molar-refractivity contribution in [1.29, 1.82) is 0 Å². The molecule has 1 amide bonds. The first-order valence-corrected chi connectivity index (χ1v) is 5.67. The zero-order valence-corrected chi connectivity index (χ0v) is 10.5. The first-order valence-electron chi connectivity index (χ1n) is 5.67. The van der Waals surface area contributed by atoms with E-state index in [1.807, 2.05) is 0 Å². The second kappa shape index (κ2) is 4.31. The van der Waals surface area contributed by atoms with Gasteiger partial charge in [0.25, 0.3) is 5.91 Å². The maximum Gasteiger partial charge on any atom is 0.328 e. The molecule has 1 heterocycles. The van der Waals surface area contributed by atoms with Crippen LogP contribution in [0.25, 0.3) is 10.9 Å². The number of hydrogen-bond acceptors (Lipinski definition) is 3. The molecule has 0 fully saturated rings. The number of benzene rings is 1. The Morgan fingerprint density at radius 1 is 1.26 bits per heavy atom. The number of aliphatic carboxylic acids is 1. The normalized spacial score (nSPS) is 11.5. The molecule has 0 aliphatic carbocycles. The van der Waals surface area contributed by atoms with Gasteiger partial charge in [-0.15, -0.1) is 0 Å². The molecule has 0 bridgehead atoms. The van der Waals surface area contributed by atoms with E-state index in [0.29, 0.717) is 10.9 Å². The maximum absolute atomic E-state index is 12.0. The van der Waals surface area contributed by atoms with Crippen LogP contribution in [0, 0.1) is 0 Å². The number of rotatable bonds is 3. The first-order chi connectivity index (χ1) is 8.79. The summed E-state index contributed by atoms with van der Waals surface area (Å²) in [6.45, 7) is 2.81. The number of phenols is 1. The Bertz CT molecular complexity index is 658. The molecular formula is C13H14N2O4. The SMILES string of the molecule is CC(C)(NC(=O)c1cc2cc(O)ccc2[nH]1)C(=O)O. The molecule has 0 saturated heterocycles. The molecule has 0 spiro atoms. The van der Waals surface area contributed by atoms with Crippen molar-refractivity contribution in [3.05, 3.63) is 30.0 Å². The van der Waals surface area contributed by atoms with Crippen LogP contribution in [0.2, 0.25) is 0 Å². The van der Waals surface area contributed by atoms with Crippen molar-refractivity contribution in [2.75, 3.05) is 0 Å². The summed E-state index contributed by atoms with van der Waals surface area (Å²) in [6.07, 6.45) is 0. The summed E-state index contributed by atoms with van der Waals surface area (Å²) in [6, 6.07) is 6.22. The number of nitrogens with one attached hydrogen (secondary N) is 2. The number of carbonyl (C=O) groups is 2. The summed E-state index contributed by atoms with van der Waals surface area (Å²) >= 11 is 0. The average molecular weight is 262 g/mol. The Morgan fingerprint density at radius 2 is 1.95 bits per heavy atom. The van der Waals surface area contributed by atoms with E-state index in [9.17, 15) is 14.7 Å². The molecule has 0 saturated carbocycles. The number of carboxylic acid groups (broad SMARTS) is 1. The minimum atomic E-state index is -1.35. The van der Waals surface area contributed by atoms with Crippen LogP contribution in [-0.2, 0) is 4.79 Å². The topological polar surface area (TPSA) is 102 Å². The molecule has 1 aromatic carbocycles. The maximum atomic E-state index is 12.0. The van der Waals surface area contributed by atoms with Crippen LogP contribution in [0.15, 0.2) is 24.3 Å². The molecule has 0 aliphatic rings. The predicted molar refractivity (Wildman–Crippen MR) is 69.1 cm³/mol. The summed E-state index contributed by atoms with van der Waals surface area (Å²) in [5.41, 5.74) is -0.415. The molecule has 0 aliphatic heterocycles. The Morgan fingerprint density at radius 3 is 2.58 bits per heavy atom. The van der Waals surface area contributed by atoms with Gasteiger partial charge in [0.1, 0.15) is 17.0 Å². The highest BCUT2D eigenvalue weighted by Gasteiger charge is 2.29. The number of aromatic amines is 1. The minimum Gasteiger partial charge on any atom is -0.508 e. The summed E-state index contributed by atoms with van der Waals surface area (Å²) in [5, 5.41) is 21.4. The van der Waals surface area contributed by atoms with Crippen LogP contribution in [-0.4, -0.2) is 32.6 Å². The lowest BCUT2D eigenvalue weighted by atomic mass is 10.1. The van der Waals surface area contributed by atoms with Crippen molar-refractivity contribution in [3.8, 4) is 5.75 Å². The molecule has 6 nitrogen and oxygen atoms in total. The summed E-state index contributed by atoms with van der Waals surface area (Å²) in [4.78, 5) is 25.8. The summed E-state index contributed by atoms with van der Waals surface area (Å²) < 4.78 is 0. The number of carbonyl (C=O) groups excluding carboxylic acids is 1. The average Bonchev–Trinajstić information content (AvgIpc) is 2.71. The zero-order valence-electron chi connectivity index (χ0n) is 10.5. The van der Waals surface area contributed by atoms with E-state index in [1.54, 1.807) is 12.1 Å². The first kappa shape index (κ1) is 12.9. The van der Waals surface area contributed by atoms with Gasteiger partial charge in [-0.3, -0.25) is 4.79 Å². The van der Waals surface area contributed by atoms with Gasteiger partial charge in [-0.1, -0.05) is 0 Å². The van der Waals surface area contributed by atoms with Crippen LogP contribution in [0.3, 0.4) is 0 Å². The van der Waals surface area contributed by atoms with Gasteiger partial charge in [-0.25, -0.2) is 4.79 Å². The number of H-pyrrole nitrogens is 1. The molecule has 6 heteroatoms. The number of phenolic OH excluding ortho intramolecular Hbond substituents is 1. The summed E-state index contributed by atoms with van der Waals surface area (Å²) in [5.74, 6) is -1.53. The lowest BCUT2D eigenvalue weighted by molar-refractivity contribution is -0.143. The van der Waals surface area contributed by atoms with Gasteiger partial charge in [0.2, 0.25) is 0 Å². The van der Waals surface area contributed by atoms with Crippen LogP contribution in [0.1, 0.15) is 24.3 Å². The predicted octanol–water partition coefficient (Wildman–Crippen LogP) is 1.47. The number of amides is 1. The highest BCUT2D eigenvalue weighted by atomic mass is 16.4. The number of aromatic nitrogens is 1. The Labute approximate surface area is 109 Å². The van der Waals surface area contributed by atoms with Crippen LogP contribution < -0.4 is 5.32 Å². The monoisotopic (exact) mass is 262 g/mol. The lowest BCUT2D eigenvalue weighted by Crippen LogP contribution is -2.49. The molecule has 0 radical (unpaired) electrons. The van der Waals surface area contributed by atoms with Gasteiger partial charge in [-0.2, -0.15) is 0 Å². The Balaban J connectivity index is 2.29. The highest BCUT2D eigenvalue weighted by Crippen LogP contribution is 2.20. The Hall–Kier alpha value is -2.50. The van der Waals surface area contributed by atoms with Crippen LogP contribution in [0.5, 0.6) is 5.75 Å². The Kier molecular flexibility index (Phi) is 2.94. The molecule has 0 unspecified atom stereocenters. The standard InChI is InChI=1S/C13H14N2O4/c1-13(2,12(18)19)15-11(17)10-6-7-5-8(16)3-4-9(7)14-10/h3-6,14,16H,1-2H3,(H,15,17)(H,18,19). The fraction of sp³-hybridized carbons (Fsp3) is 0.231. The van der Waals surface area contributed by atoms with Gasteiger partial charge in [0.05, 0.1) is 0 Å². The third-order valence-corrected chi connectivity index (χ3v) is 2.81. The van der Waals surface area contributed by atoms with Crippen LogP contribution >= 0.6 is 0 Å². The minimum absolute atomic E-state index is 0.101. The quantitative estimate of drug-likeness (QED) is 0.672. The third-order valence-electron chi connectivity index (χ3n) is 2.81. The van der Waals surface area contributed by atoms with Gasteiger partial charge in [-0.05, 0) is 38.1 Å². The van der Waals surface area contributed by atoms with Gasteiger partial charge in [0, 0.05) is 10.9 Å². The second-order valence-corrected chi connectivity index (χ2v) is 4.84. The van der Waals surface area contributed by atoms with Crippen molar-refractivity contribution >= 4 is 22.8 Å². The third kappa shape index (κ3) is 2.52. The number of fused-ring (bicyclic) bond motifs is 1. The molecule has 2 rings (SSSR count). The van der Waals surface area contributed by atoms with Crippen molar-refractivity contribution in [2.24, 2.45) is 0 Å². The number of hydrogen-bond donors (Lipinski definition) is 4. The van der Waals surface area contributed by atoms with E-state index in [1.165, 1.54) is 26.0 Å². The van der Waals surface area contributed by atoms with Gasteiger partial charge >= 0.3 is 5.97 Å². The van der Waals surface area contributed by atoms with E-state index < -0.39 is 17.4 Å². The van der Waals surface area contributed by atoms with E-state index in [-0.39, 0.29) is 11.4 Å². The fourth-order valence-electron chi connectivity index (χ4n) is 1.65. The number of carboxylic acids is 1. The fourth-order valence-corrected chi connectivity index (χ4v) is 1.65. The molecular weight excluding hydrogens is 248 g/mol. The van der Waals surface area contributed by atoms with Gasteiger partial charge < -0.3 is 20.5 Å². The van der Waals surface area contributed by atoms with Crippen molar-refractivity contribution < 1.29 is 19.8 Å². The second-order valence-electron chi connectivity index (χ2n) is 4.84. The molecule has 0 atom stereocenters. The van der Waals surface area contributed by atoms with Crippen molar-refractivity contribution in [2.45, 2.75) is 19.4 Å². The van der Waals surface area contributed by atoms with Crippen LogP contribution in [0.4, 0.5) is 0 Å². The van der Waals surface area contributed by atoms with E-state index >= 15 is 0 Å². The highest BCUT2D eigenvalue weighted by molar-refractivity contribution is 6.00. The molecule has 2 aromatic rings. The molecule has 4 N–H and O–H groups in total.